The Morgan fingerprint density at radius 1 is 1.23 bits per heavy atom. The number of benzene rings is 1. The number of thiophene rings is 1. The first-order valence-corrected chi connectivity index (χ1v) is 10.2. The number of hydrogen-bond donors (Lipinski definition) is 4. The molecule has 1 amide bonds. The minimum absolute atomic E-state index is 0.176. The van der Waals surface area contributed by atoms with Crippen molar-refractivity contribution >= 4 is 39.1 Å². The zero-order valence-corrected chi connectivity index (χ0v) is 17.5. The molecule has 0 fully saturated rings. The quantitative estimate of drug-likeness (QED) is 0.377. The number of aliphatic hydroxyl groups is 1. The van der Waals surface area contributed by atoms with E-state index in [2.05, 4.69) is 15.3 Å². The van der Waals surface area contributed by atoms with Crippen molar-refractivity contribution in [2.45, 2.75) is 19.4 Å². The number of primary amides is 1. The van der Waals surface area contributed by atoms with Crippen LogP contribution in [0.1, 0.15) is 29.8 Å². The van der Waals surface area contributed by atoms with E-state index in [0.717, 1.165) is 11.3 Å². The first kappa shape index (κ1) is 20.7. The number of nitrogens with one attached hydrogen (secondary N) is 2. The van der Waals surface area contributed by atoms with Gasteiger partial charge in [0.15, 0.2) is 0 Å². The Hall–Kier alpha value is -3.56. The number of nitrogens with zero attached hydrogens (tertiary/aromatic N) is 1. The SMILES string of the molecule is CC(C)(O)c1ccc(-c2cc(C(N)=O)c(Nc3ccc4[nH]ccc(=O)c4n3)s2)c(F)c1. The van der Waals surface area contributed by atoms with E-state index in [1.165, 1.54) is 24.4 Å². The molecule has 1 aromatic carbocycles. The third-order valence-corrected chi connectivity index (χ3v) is 5.87. The molecule has 5 N–H and O–H groups in total. The lowest BCUT2D eigenvalue weighted by Gasteiger charge is -2.18. The summed E-state index contributed by atoms with van der Waals surface area (Å²) in [6, 6.07) is 10.7. The van der Waals surface area contributed by atoms with Crippen molar-refractivity contribution in [2.24, 2.45) is 5.73 Å². The van der Waals surface area contributed by atoms with Gasteiger partial charge >= 0.3 is 0 Å². The molecule has 7 nitrogen and oxygen atoms in total. The molecule has 0 atom stereocenters. The number of H-pyrrole nitrogens is 1. The van der Waals surface area contributed by atoms with Crippen LogP contribution >= 0.6 is 11.3 Å². The number of carbonyl (C=O) groups is 1. The van der Waals surface area contributed by atoms with Crippen LogP contribution in [0.2, 0.25) is 0 Å². The summed E-state index contributed by atoms with van der Waals surface area (Å²) in [5.74, 6) is -0.867. The molecular formula is C22H19FN4O3S. The van der Waals surface area contributed by atoms with Crippen LogP contribution in [0.3, 0.4) is 0 Å². The second-order valence-corrected chi connectivity index (χ2v) is 8.58. The normalized spacial score (nSPS) is 11.6. The molecule has 0 aliphatic rings. The fourth-order valence-electron chi connectivity index (χ4n) is 3.13. The van der Waals surface area contributed by atoms with E-state index in [4.69, 9.17) is 5.73 Å². The van der Waals surface area contributed by atoms with Gasteiger partial charge in [-0.25, -0.2) is 9.37 Å². The van der Waals surface area contributed by atoms with Crippen LogP contribution in [-0.4, -0.2) is 21.0 Å². The highest BCUT2D eigenvalue weighted by Crippen LogP contribution is 2.38. The average molecular weight is 438 g/mol. The summed E-state index contributed by atoms with van der Waals surface area (Å²) in [5.41, 5.74) is 5.81. The van der Waals surface area contributed by atoms with Crippen molar-refractivity contribution in [1.82, 2.24) is 9.97 Å². The number of hydrogen-bond acceptors (Lipinski definition) is 6. The van der Waals surface area contributed by atoms with Crippen molar-refractivity contribution in [2.75, 3.05) is 5.32 Å². The molecule has 158 valence electrons. The third kappa shape index (κ3) is 4.05. The zero-order valence-electron chi connectivity index (χ0n) is 16.7. The number of carbonyl (C=O) groups excluding carboxylic acids is 1. The molecule has 0 aliphatic heterocycles. The van der Waals surface area contributed by atoms with Crippen molar-refractivity contribution in [3.8, 4) is 10.4 Å². The number of pyridine rings is 2. The minimum atomic E-state index is -1.18. The monoisotopic (exact) mass is 438 g/mol. The Labute approximate surface area is 180 Å². The molecule has 0 saturated heterocycles. The molecule has 0 aliphatic carbocycles. The van der Waals surface area contributed by atoms with E-state index in [9.17, 15) is 19.1 Å². The maximum absolute atomic E-state index is 14.8. The van der Waals surface area contributed by atoms with E-state index in [-0.39, 0.29) is 22.1 Å². The Morgan fingerprint density at radius 3 is 2.68 bits per heavy atom. The first-order chi connectivity index (χ1) is 14.6. The maximum Gasteiger partial charge on any atom is 0.251 e. The number of halogens is 1. The first-order valence-electron chi connectivity index (χ1n) is 9.35. The second-order valence-electron chi connectivity index (χ2n) is 7.53. The largest absolute Gasteiger partial charge is 0.386 e. The lowest BCUT2D eigenvalue weighted by molar-refractivity contribution is 0.0782. The van der Waals surface area contributed by atoms with Crippen LogP contribution < -0.4 is 16.5 Å². The number of nitrogens with two attached hydrogens (primary N) is 1. The van der Waals surface area contributed by atoms with E-state index >= 15 is 0 Å². The average Bonchev–Trinajstić information content (AvgIpc) is 3.11. The Balaban J connectivity index is 1.74. The number of fused-ring (bicyclic) bond motifs is 1. The zero-order chi connectivity index (χ0) is 22.3. The highest BCUT2D eigenvalue weighted by Gasteiger charge is 2.21. The number of amides is 1. The molecular weight excluding hydrogens is 419 g/mol. The summed E-state index contributed by atoms with van der Waals surface area (Å²) < 4.78 is 14.8. The predicted octanol–water partition coefficient (Wildman–Crippen LogP) is 3.86. The second kappa shape index (κ2) is 7.60. The molecule has 0 radical (unpaired) electrons. The van der Waals surface area contributed by atoms with Crippen molar-refractivity contribution in [1.29, 1.82) is 0 Å². The van der Waals surface area contributed by atoms with Crippen LogP contribution in [0, 0.1) is 5.82 Å². The molecule has 31 heavy (non-hydrogen) atoms. The fraction of sp³-hybridized carbons (Fsp3) is 0.136. The van der Waals surface area contributed by atoms with E-state index in [1.54, 1.807) is 38.1 Å². The molecule has 4 aromatic rings. The van der Waals surface area contributed by atoms with Gasteiger partial charge in [0.25, 0.3) is 5.91 Å². The van der Waals surface area contributed by atoms with E-state index in [1.807, 2.05) is 0 Å². The third-order valence-electron chi connectivity index (χ3n) is 4.78. The van der Waals surface area contributed by atoms with Gasteiger partial charge in [-0.15, -0.1) is 11.3 Å². The molecule has 0 saturated carbocycles. The van der Waals surface area contributed by atoms with Gasteiger partial charge in [0.1, 0.15) is 22.2 Å². The van der Waals surface area contributed by atoms with E-state index < -0.39 is 17.3 Å². The summed E-state index contributed by atoms with van der Waals surface area (Å²) in [6.07, 6.45) is 1.54. The lowest BCUT2D eigenvalue weighted by atomic mass is 9.96. The van der Waals surface area contributed by atoms with Gasteiger partial charge in [-0.2, -0.15) is 0 Å². The van der Waals surface area contributed by atoms with Crippen molar-refractivity contribution < 1.29 is 14.3 Å². The number of aromatic amines is 1. The van der Waals surface area contributed by atoms with Gasteiger partial charge in [0.05, 0.1) is 16.7 Å². The molecule has 3 aromatic heterocycles. The van der Waals surface area contributed by atoms with Crippen molar-refractivity contribution in [3.63, 3.8) is 0 Å². The summed E-state index contributed by atoms with van der Waals surface area (Å²) in [4.78, 5) is 31.7. The molecule has 3 heterocycles. The van der Waals surface area contributed by atoms with Gasteiger partial charge in [-0.3, -0.25) is 9.59 Å². The standard InChI is InChI=1S/C22H19FN4O3S/c1-22(2,30)11-3-4-12(14(23)9-11)17-10-13(20(24)29)21(31-17)27-18-6-5-15-19(26-18)16(28)7-8-25-15/h3-10,30H,1-2H3,(H2,24,29)(H,25,28)(H,26,27). The molecule has 4 rings (SSSR count). The number of anilines is 2. The van der Waals surface area contributed by atoms with Crippen molar-refractivity contribution in [3.05, 3.63) is 75.8 Å². The van der Waals surface area contributed by atoms with Gasteiger partial charge in [0.2, 0.25) is 5.43 Å². The molecule has 0 bridgehead atoms. The highest BCUT2D eigenvalue weighted by molar-refractivity contribution is 7.19. The maximum atomic E-state index is 14.8. The van der Waals surface area contributed by atoms with Gasteiger partial charge in [-0.05, 0) is 43.7 Å². The Kier molecular flexibility index (Phi) is 5.08. The Morgan fingerprint density at radius 2 is 2.00 bits per heavy atom. The Bertz CT molecular complexity index is 1370. The summed E-state index contributed by atoms with van der Waals surface area (Å²) in [6.45, 7) is 3.14. The fourth-order valence-corrected chi connectivity index (χ4v) is 4.23. The number of aromatic nitrogens is 2. The summed E-state index contributed by atoms with van der Waals surface area (Å²) in [7, 11) is 0. The molecule has 9 heteroatoms. The van der Waals surface area contributed by atoms with Gasteiger partial charge in [0, 0.05) is 22.7 Å². The topological polar surface area (TPSA) is 121 Å². The van der Waals surface area contributed by atoms with Crippen LogP contribution in [0.4, 0.5) is 15.2 Å². The predicted molar refractivity (Wildman–Crippen MR) is 119 cm³/mol. The molecule has 0 unspecified atom stereocenters. The van der Waals surface area contributed by atoms with Crippen LogP contribution in [0.5, 0.6) is 0 Å². The van der Waals surface area contributed by atoms with Crippen LogP contribution in [0.15, 0.2) is 53.5 Å². The lowest BCUT2D eigenvalue weighted by Crippen LogP contribution is -2.15. The van der Waals surface area contributed by atoms with Gasteiger partial charge < -0.3 is 21.1 Å². The van der Waals surface area contributed by atoms with Crippen LogP contribution in [-0.2, 0) is 5.60 Å². The smallest absolute Gasteiger partial charge is 0.251 e. The number of rotatable bonds is 5. The van der Waals surface area contributed by atoms with Crippen LogP contribution in [0.25, 0.3) is 21.5 Å². The summed E-state index contributed by atoms with van der Waals surface area (Å²) in [5, 5.41) is 13.5. The highest BCUT2D eigenvalue weighted by atomic mass is 32.1. The van der Waals surface area contributed by atoms with E-state index in [0.29, 0.717) is 26.8 Å². The minimum Gasteiger partial charge on any atom is -0.386 e. The van der Waals surface area contributed by atoms with Gasteiger partial charge in [-0.1, -0.05) is 12.1 Å². The summed E-state index contributed by atoms with van der Waals surface area (Å²) >= 11 is 1.13. The molecule has 0 spiro atoms.